The zero-order valence-corrected chi connectivity index (χ0v) is 14.0. The highest BCUT2D eigenvalue weighted by Gasteiger charge is 2.16. The van der Waals surface area contributed by atoms with Crippen molar-refractivity contribution in [2.75, 3.05) is 33.9 Å². The van der Waals surface area contributed by atoms with E-state index < -0.39 is 5.60 Å². The van der Waals surface area contributed by atoms with Crippen LogP contribution in [0, 0.1) is 0 Å². The molecule has 0 radical (unpaired) electrons. The van der Waals surface area contributed by atoms with Crippen LogP contribution in [0.3, 0.4) is 0 Å². The van der Waals surface area contributed by atoms with E-state index in [2.05, 4.69) is 15.6 Å². The lowest BCUT2D eigenvalue weighted by Crippen LogP contribution is -2.42. The van der Waals surface area contributed by atoms with Crippen molar-refractivity contribution in [3.63, 3.8) is 0 Å². The van der Waals surface area contributed by atoms with Gasteiger partial charge in [-0.25, -0.2) is 0 Å². The topological polar surface area (TPSA) is 72.0 Å². The van der Waals surface area contributed by atoms with Gasteiger partial charge in [0.15, 0.2) is 5.96 Å². The Morgan fingerprint density at radius 2 is 1.89 bits per heavy atom. The van der Waals surface area contributed by atoms with Gasteiger partial charge < -0.3 is 20.1 Å². The number of esters is 1. The molecule has 0 aliphatic carbocycles. The van der Waals surface area contributed by atoms with Gasteiger partial charge in [0, 0.05) is 20.7 Å². The number of aliphatic imine (C=N–C) groups is 1. The molecular weight excluding hydrogens is 349 g/mol. The predicted octanol–water partition coefficient (Wildman–Crippen LogP) is 0.757. The van der Waals surface area contributed by atoms with Gasteiger partial charge in [-0.3, -0.25) is 9.79 Å². The molecule has 0 aromatic carbocycles. The van der Waals surface area contributed by atoms with Gasteiger partial charge in [0.2, 0.25) is 0 Å². The summed E-state index contributed by atoms with van der Waals surface area (Å²) in [4.78, 5) is 15.4. The molecule has 0 bridgehead atoms. The predicted molar refractivity (Wildman–Crippen MR) is 82.5 cm³/mol. The van der Waals surface area contributed by atoms with Crippen molar-refractivity contribution in [3.05, 3.63) is 0 Å². The van der Waals surface area contributed by atoms with Gasteiger partial charge in [-0.1, -0.05) is 0 Å². The molecule has 7 heteroatoms. The lowest BCUT2D eigenvalue weighted by molar-refractivity contribution is -0.153. The zero-order valence-electron chi connectivity index (χ0n) is 11.7. The Labute approximate surface area is 126 Å². The molecule has 108 valence electrons. The van der Waals surface area contributed by atoms with Gasteiger partial charge in [-0.2, -0.15) is 0 Å². The highest BCUT2D eigenvalue weighted by molar-refractivity contribution is 14.0. The third-order valence-electron chi connectivity index (χ3n) is 1.64. The molecule has 0 heterocycles. The molecule has 0 aromatic heterocycles. The number of halogens is 1. The Morgan fingerprint density at radius 1 is 1.28 bits per heavy atom. The number of methoxy groups -OCH3 is 1. The van der Waals surface area contributed by atoms with Crippen LogP contribution in [-0.2, 0) is 14.3 Å². The molecule has 0 spiro atoms. The number of carbonyl (C=O) groups excluding carboxylic acids is 1. The fourth-order valence-corrected chi connectivity index (χ4v) is 1.03. The molecule has 0 atom stereocenters. The average molecular weight is 373 g/mol. The number of carbonyl (C=O) groups is 1. The molecule has 0 unspecified atom stereocenters. The molecule has 0 aliphatic heterocycles. The number of nitrogens with one attached hydrogen (secondary N) is 2. The lowest BCUT2D eigenvalue weighted by atomic mass is 10.2. The van der Waals surface area contributed by atoms with E-state index in [4.69, 9.17) is 9.47 Å². The van der Waals surface area contributed by atoms with Gasteiger partial charge in [0.05, 0.1) is 6.61 Å². The fourth-order valence-electron chi connectivity index (χ4n) is 1.03. The highest BCUT2D eigenvalue weighted by atomic mass is 127. The molecular formula is C11H24IN3O3. The van der Waals surface area contributed by atoms with E-state index in [0.717, 1.165) is 0 Å². The van der Waals surface area contributed by atoms with Gasteiger partial charge in [-0.05, 0) is 20.8 Å². The summed E-state index contributed by atoms with van der Waals surface area (Å²) in [5.74, 6) is 0.236. The normalized spacial score (nSPS) is 11.5. The van der Waals surface area contributed by atoms with Crippen molar-refractivity contribution in [2.24, 2.45) is 4.99 Å². The molecule has 0 fully saturated rings. The van der Waals surface area contributed by atoms with E-state index in [1.54, 1.807) is 14.2 Å². The van der Waals surface area contributed by atoms with Crippen LogP contribution in [0.5, 0.6) is 0 Å². The molecule has 2 N–H and O–H groups in total. The third-order valence-corrected chi connectivity index (χ3v) is 1.64. The van der Waals surface area contributed by atoms with Crippen LogP contribution in [0.2, 0.25) is 0 Å². The van der Waals surface area contributed by atoms with E-state index in [9.17, 15) is 4.79 Å². The summed E-state index contributed by atoms with van der Waals surface area (Å²) in [6.45, 7) is 6.78. The maximum atomic E-state index is 11.4. The van der Waals surface area contributed by atoms with Crippen molar-refractivity contribution in [1.82, 2.24) is 10.6 Å². The maximum Gasteiger partial charge on any atom is 0.325 e. The molecule has 6 nitrogen and oxygen atoms in total. The van der Waals surface area contributed by atoms with E-state index in [-0.39, 0.29) is 36.5 Å². The minimum atomic E-state index is -0.467. The van der Waals surface area contributed by atoms with Gasteiger partial charge in [0.1, 0.15) is 12.1 Å². The first-order valence-electron chi connectivity index (χ1n) is 5.54. The van der Waals surface area contributed by atoms with Crippen LogP contribution < -0.4 is 10.6 Å². The monoisotopic (exact) mass is 373 g/mol. The Morgan fingerprint density at radius 3 is 2.33 bits per heavy atom. The Kier molecular flexibility index (Phi) is 11.4. The number of rotatable bonds is 5. The van der Waals surface area contributed by atoms with Crippen molar-refractivity contribution >= 4 is 35.9 Å². The zero-order chi connectivity index (χ0) is 13.3. The van der Waals surface area contributed by atoms with Crippen molar-refractivity contribution in [1.29, 1.82) is 0 Å². The minimum Gasteiger partial charge on any atom is -0.459 e. The molecule has 0 rings (SSSR count). The first kappa shape index (κ1) is 19.8. The summed E-state index contributed by atoms with van der Waals surface area (Å²) in [6, 6.07) is 0. The second-order valence-electron chi connectivity index (χ2n) is 4.43. The number of hydrogen-bond donors (Lipinski definition) is 2. The van der Waals surface area contributed by atoms with Crippen LogP contribution in [0.1, 0.15) is 20.8 Å². The Hall–Kier alpha value is -0.570. The van der Waals surface area contributed by atoms with E-state index in [1.807, 2.05) is 20.8 Å². The second-order valence-corrected chi connectivity index (χ2v) is 4.43. The van der Waals surface area contributed by atoms with Gasteiger partial charge >= 0.3 is 5.97 Å². The van der Waals surface area contributed by atoms with Crippen molar-refractivity contribution in [3.8, 4) is 0 Å². The van der Waals surface area contributed by atoms with Crippen LogP contribution in [0.25, 0.3) is 0 Å². The van der Waals surface area contributed by atoms with E-state index >= 15 is 0 Å². The summed E-state index contributed by atoms with van der Waals surface area (Å²) in [5, 5.41) is 5.85. The summed E-state index contributed by atoms with van der Waals surface area (Å²) >= 11 is 0. The Bertz CT molecular complexity index is 265. The molecule has 0 aliphatic rings. The van der Waals surface area contributed by atoms with Crippen LogP contribution >= 0.6 is 24.0 Å². The lowest BCUT2D eigenvalue weighted by Gasteiger charge is -2.20. The van der Waals surface area contributed by atoms with Crippen molar-refractivity contribution in [2.45, 2.75) is 26.4 Å². The molecule has 0 amide bonds. The largest absolute Gasteiger partial charge is 0.459 e. The minimum absolute atomic E-state index is 0. The first-order valence-corrected chi connectivity index (χ1v) is 5.54. The molecule has 18 heavy (non-hydrogen) atoms. The summed E-state index contributed by atoms with van der Waals surface area (Å²) < 4.78 is 10.0. The maximum absolute atomic E-state index is 11.4. The van der Waals surface area contributed by atoms with Gasteiger partial charge in [-0.15, -0.1) is 24.0 Å². The third kappa shape index (κ3) is 11.9. The number of guanidine groups is 1. The Balaban J connectivity index is 0. The van der Waals surface area contributed by atoms with Gasteiger partial charge in [0.25, 0.3) is 0 Å². The first-order chi connectivity index (χ1) is 7.89. The summed E-state index contributed by atoms with van der Waals surface area (Å²) in [7, 11) is 3.26. The highest BCUT2D eigenvalue weighted by Crippen LogP contribution is 2.05. The number of hydrogen-bond acceptors (Lipinski definition) is 4. The number of ether oxygens (including phenoxy) is 2. The molecule has 0 saturated heterocycles. The smallest absolute Gasteiger partial charge is 0.325 e. The van der Waals surface area contributed by atoms with Crippen molar-refractivity contribution < 1.29 is 14.3 Å². The standard InChI is InChI=1S/C11H23N3O3.HI/c1-11(2,3)17-9(15)8-14-10(12-4)13-6-7-16-5;/h6-8H2,1-5H3,(H2,12,13,14);1H. The second kappa shape index (κ2) is 10.4. The summed E-state index contributed by atoms with van der Waals surface area (Å²) in [5.41, 5.74) is -0.467. The van der Waals surface area contributed by atoms with Crippen LogP contribution in [0.15, 0.2) is 4.99 Å². The quantitative estimate of drug-likeness (QED) is 0.245. The van der Waals surface area contributed by atoms with E-state index in [1.165, 1.54) is 0 Å². The van der Waals surface area contributed by atoms with Crippen LogP contribution in [0.4, 0.5) is 0 Å². The number of nitrogens with zero attached hydrogens (tertiary/aromatic N) is 1. The van der Waals surface area contributed by atoms with E-state index in [0.29, 0.717) is 19.1 Å². The molecule has 0 aromatic rings. The molecule has 0 saturated carbocycles. The average Bonchev–Trinajstić information content (AvgIpc) is 2.20. The SMILES string of the molecule is CN=C(NCCOC)NCC(=O)OC(C)(C)C.I. The fraction of sp³-hybridized carbons (Fsp3) is 0.818. The summed E-state index contributed by atoms with van der Waals surface area (Å²) in [6.07, 6.45) is 0. The van der Waals surface area contributed by atoms with Crippen LogP contribution in [-0.4, -0.2) is 51.4 Å².